The summed E-state index contributed by atoms with van der Waals surface area (Å²) in [5.41, 5.74) is 7.28. The molecule has 0 spiro atoms. The molecule has 0 saturated carbocycles. The van der Waals surface area contributed by atoms with Gasteiger partial charge in [-0.2, -0.15) is 0 Å². The fraction of sp³-hybridized carbons (Fsp3) is 0.625. The summed E-state index contributed by atoms with van der Waals surface area (Å²) in [6.45, 7) is 7.34. The summed E-state index contributed by atoms with van der Waals surface area (Å²) in [6, 6.07) is 7.55. The van der Waals surface area contributed by atoms with Gasteiger partial charge >= 0.3 is 0 Å². The van der Waals surface area contributed by atoms with Crippen molar-refractivity contribution in [2.75, 3.05) is 19.6 Å². The lowest BCUT2D eigenvalue weighted by Crippen LogP contribution is -2.49. The average molecular weight is 264 g/mol. The van der Waals surface area contributed by atoms with Crippen molar-refractivity contribution in [1.82, 2.24) is 4.90 Å². The number of piperidine rings is 1. The number of nitrogens with two attached hydrogens (primary N) is 1. The summed E-state index contributed by atoms with van der Waals surface area (Å²) in [7, 11) is 0. The lowest BCUT2D eigenvalue weighted by molar-refractivity contribution is 0.122. The molecule has 19 heavy (non-hydrogen) atoms. The molecule has 3 heteroatoms. The van der Waals surface area contributed by atoms with E-state index in [1.54, 1.807) is 12.1 Å². The maximum absolute atomic E-state index is 13.1. The first-order valence-corrected chi connectivity index (χ1v) is 7.31. The van der Waals surface area contributed by atoms with Crippen LogP contribution in [0.2, 0.25) is 0 Å². The third kappa shape index (κ3) is 2.98. The van der Waals surface area contributed by atoms with Crippen LogP contribution in [0.5, 0.6) is 0 Å². The summed E-state index contributed by atoms with van der Waals surface area (Å²) in [4.78, 5) is 2.54. The standard InChI is InChI=1S/C16H25FN2/c1-3-13(2)19-10-8-16(12-18,9-11-19)14-4-6-15(17)7-5-14/h4-7,13H,3,8-12,18H2,1-2H3. The minimum absolute atomic E-state index is 0.0393. The van der Waals surface area contributed by atoms with Crippen LogP contribution in [0.3, 0.4) is 0 Å². The minimum Gasteiger partial charge on any atom is -0.330 e. The first kappa shape index (κ1) is 14.5. The van der Waals surface area contributed by atoms with Gasteiger partial charge in [0.15, 0.2) is 0 Å². The second kappa shape index (κ2) is 6.02. The molecule has 106 valence electrons. The van der Waals surface area contributed by atoms with Crippen molar-refractivity contribution in [2.24, 2.45) is 5.73 Å². The molecule has 1 aromatic carbocycles. The Morgan fingerprint density at radius 2 is 1.84 bits per heavy atom. The van der Waals surface area contributed by atoms with Crippen LogP contribution in [0.1, 0.15) is 38.7 Å². The van der Waals surface area contributed by atoms with Crippen molar-refractivity contribution in [2.45, 2.75) is 44.6 Å². The monoisotopic (exact) mass is 264 g/mol. The highest BCUT2D eigenvalue weighted by molar-refractivity contribution is 5.27. The van der Waals surface area contributed by atoms with E-state index in [-0.39, 0.29) is 11.2 Å². The van der Waals surface area contributed by atoms with Crippen LogP contribution in [0, 0.1) is 5.82 Å². The van der Waals surface area contributed by atoms with Crippen LogP contribution in [-0.4, -0.2) is 30.6 Å². The maximum Gasteiger partial charge on any atom is 0.123 e. The number of likely N-dealkylation sites (tertiary alicyclic amines) is 1. The highest BCUT2D eigenvalue weighted by Crippen LogP contribution is 2.35. The molecule has 2 nitrogen and oxygen atoms in total. The van der Waals surface area contributed by atoms with Gasteiger partial charge in [0, 0.05) is 18.0 Å². The van der Waals surface area contributed by atoms with Crippen LogP contribution in [0.25, 0.3) is 0 Å². The summed E-state index contributed by atoms with van der Waals surface area (Å²) in [5, 5.41) is 0. The van der Waals surface area contributed by atoms with E-state index in [0.717, 1.165) is 25.9 Å². The first-order valence-electron chi connectivity index (χ1n) is 7.31. The normalized spacial score (nSPS) is 21.3. The smallest absolute Gasteiger partial charge is 0.123 e. The Hall–Kier alpha value is -0.930. The SMILES string of the molecule is CCC(C)N1CCC(CN)(c2ccc(F)cc2)CC1. The highest BCUT2D eigenvalue weighted by Gasteiger charge is 2.35. The maximum atomic E-state index is 13.1. The molecule has 0 amide bonds. The van der Waals surface area contributed by atoms with Crippen molar-refractivity contribution in [3.05, 3.63) is 35.6 Å². The predicted molar refractivity (Wildman–Crippen MR) is 77.7 cm³/mol. The number of hydrogen-bond acceptors (Lipinski definition) is 2. The molecule has 0 bridgehead atoms. The van der Waals surface area contributed by atoms with Gasteiger partial charge in [0.1, 0.15) is 5.82 Å². The van der Waals surface area contributed by atoms with Gasteiger partial charge in [-0.05, 0) is 57.0 Å². The fourth-order valence-electron chi connectivity index (χ4n) is 3.07. The van der Waals surface area contributed by atoms with Crippen LogP contribution in [0.4, 0.5) is 4.39 Å². The Morgan fingerprint density at radius 1 is 1.26 bits per heavy atom. The summed E-state index contributed by atoms with van der Waals surface area (Å²) in [5.74, 6) is -0.173. The van der Waals surface area contributed by atoms with E-state index in [2.05, 4.69) is 18.7 Å². The molecular formula is C16H25FN2. The Balaban J connectivity index is 2.11. The summed E-state index contributed by atoms with van der Waals surface area (Å²) in [6.07, 6.45) is 3.32. The third-order valence-electron chi connectivity index (χ3n) is 4.82. The van der Waals surface area contributed by atoms with Gasteiger partial charge in [-0.15, -0.1) is 0 Å². The van der Waals surface area contributed by atoms with E-state index in [9.17, 15) is 4.39 Å². The van der Waals surface area contributed by atoms with E-state index in [0.29, 0.717) is 12.6 Å². The van der Waals surface area contributed by atoms with E-state index < -0.39 is 0 Å². The molecule has 1 aliphatic rings. The predicted octanol–water partition coefficient (Wildman–Crippen LogP) is 2.92. The molecular weight excluding hydrogens is 239 g/mol. The van der Waals surface area contributed by atoms with Crippen LogP contribution in [-0.2, 0) is 5.41 Å². The number of benzene rings is 1. The van der Waals surface area contributed by atoms with E-state index in [4.69, 9.17) is 5.73 Å². The fourth-order valence-corrected chi connectivity index (χ4v) is 3.07. The molecule has 0 radical (unpaired) electrons. The van der Waals surface area contributed by atoms with Gasteiger partial charge in [0.25, 0.3) is 0 Å². The zero-order valence-corrected chi connectivity index (χ0v) is 12.0. The Morgan fingerprint density at radius 3 is 2.32 bits per heavy atom. The molecule has 1 unspecified atom stereocenters. The first-order chi connectivity index (χ1) is 9.11. The summed E-state index contributed by atoms with van der Waals surface area (Å²) >= 11 is 0. The molecule has 1 atom stereocenters. The van der Waals surface area contributed by atoms with Crippen LogP contribution < -0.4 is 5.73 Å². The molecule has 1 heterocycles. The van der Waals surface area contributed by atoms with E-state index in [1.165, 1.54) is 12.0 Å². The molecule has 0 aliphatic carbocycles. The molecule has 0 aromatic heterocycles. The largest absolute Gasteiger partial charge is 0.330 e. The van der Waals surface area contributed by atoms with Gasteiger partial charge in [-0.1, -0.05) is 19.1 Å². The Kier molecular flexibility index (Phi) is 4.58. The van der Waals surface area contributed by atoms with E-state index >= 15 is 0 Å². The minimum atomic E-state index is -0.173. The molecule has 2 N–H and O–H groups in total. The van der Waals surface area contributed by atoms with Crippen LogP contribution in [0.15, 0.2) is 24.3 Å². The molecule has 1 aliphatic heterocycles. The van der Waals surface area contributed by atoms with Crippen LogP contribution >= 0.6 is 0 Å². The van der Waals surface area contributed by atoms with Gasteiger partial charge in [-0.3, -0.25) is 0 Å². The molecule has 2 rings (SSSR count). The molecule has 1 aromatic rings. The number of halogens is 1. The zero-order chi connectivity index (χ0) is 13.9. The zero-order valence-electron chi connectivity index (χ0n) is 12.0. The third-order valence-corrected chi connectivity index (χ3v) is 4.82. The van der Waals surface area contributed by atoms with Crippen molar-refractivity contribution in [3.63, 3.8) is 0 Å². The second-order valence-electron chi connectivity index (χ2n) is 5.78. The summed E-state index contributed by atoms with van der Waals surface area (Å²) < 4.78 is 13.1. The van der Waals surface area contributed by atoms with Crippen molar-refractivity contribution in [3.8, 4) is 0 Å². The van der Waals surface area contributed by atoms with Crippen molar-refractivity contribution in [1.29, 1.82) is 0 Å². The molecule has 1 fully saturated rings. The number of nitrogens with zero attached hydrogens (tertiary/aromatic N) is 1. The van der Waals surface area contributed by atoms with Gasteiger partial charge in [-0.25, -0.2) is 4.39 Å². The topological polar surface area (TPSA) is 29.3 Å². The van der Waals surface area contributed by atoms with Crippen molar-refractivity contribution >= 4 is 0 Å². The van der Waals surface area contributed by atoms with E-state index in [1.807, 2.05) is 12.1 Å². The number of rotatable bonds is 4. The van der Waals surface area contributed by atoms with Gasteiger partial charge in [0.2, 0.25) is 0 Å². The number of hydrogen-bond donors (Lipinski definition) is 1. The lowest BCUT2D eigenvalue weighted by Gasteiger charge is -2.43. The Bertz CT molecular complexity index is 394. The quantitative estimate of drug-likeness (QED) is 0.906. The van der Waals surface area contributed by atoms with Crippen molar-refractivity contribution < 1.29 is 4.39 Å². The highest BCUT2D eigenvalue weighted by atomic mass is 19.1. The van der Waals surface area contributed by atoms with Gasteiger partial charge < -0.3 is 10.6 Å². The Labute approximate surface area is 115 Å². The average Bonchev–Trinajstić information content (AvgIpc) is 2.47. The lowest BCUT2D eigenvalue weighted by atomic mass is 9.72. The second-order valence-corrected chi connectivity index (χ2v) is 5.78. The molecule has 1 saturated heterocycles. The van der Waals surface area contributed by atoms with Gasteiger partial charge in [0.05, 0.1) is 0 Å².